The molecule has 0 N–H and O–H groups in total. The van der Waals surface area contributed by atoms with E-state index >= 15 is 0 Å². The van der Waals surface area contributed by atoms with E-state index in [0.717, 1.165) is 65.1 Å². The van der Waals surface area contributed by atoms with Gasteiger partial charge in [-0.1, -0.05) is 48.5 Å². The Bertz CT molecular complexity index is 1680. The summed E-state index contributed by atoms with van der Waals surface area (Å²) < 4.78 is 13.2. The molecule has 1 atom stereocenters. The Labute approximate surface area is 249 Å². The van der Waals surface area contributed by atoms with Crippen molar-refractivity contribution in [3.63, 3.8) is 0 Å². The molecule has 1 saturated heterocycles. The third kappa shape index (κ3) is 4.61. The zero-order chi connectivity index (χ0) is 28.8. The molecular weight excluding hydrogens is 548 g/mol. The predicted octanol–water partition coefficient (Wildman–Crippen LogP) is 5.68. The third-order valence-electron chi connectivity index (χ3n) is 8.39. The quantitative estimate of drug-likeness (QED) is 0.303. The number of nitrogens with zero attached hydrogens (tertiary/aromatic N) is 4. The second kappa shape index (κ2) is 10.9. The molecule has 8 nitrogen and oxygen atoms in total. The molecule has 3 aromatic carbocycles. The molecule has 1 fully saturated rings. The lowest BCUT2D eigenvalue weighted by Crippen LogP contribution is -2.43. The van der Waals surface area contributed by atoms with E-state index in [2.05, 4.69) is 19.9 Å². The topological polar surface area (TPSA) is 76.9 Å². The lowest BCUT2D eigenvalue weighted by atomic mass is 9.99. The summed E-state index contributed by atoms with van der Waals surface area (Å²) in [7, 11) is 0. The van der Waals surface area contributed by atoms with Crippen LogP contribution in [0, 0.1) is 13.8 Å². The van der Waals surface area contributed by atoms with E-state index in [4.69, 9.17) is 14.6 Å². The van der Waals surface area contributed by atoms with Gasteiger partial charge in [0.05, 0.1) is 22.4 Å². The van der Waals surface area contributed by atoms with Gasteiger partial charge in [-0.2, -0.15) is 5.10 Å². The number of aromatic nitrogens is 2. The van der Waals surface area contributed by atoms with E-state index in [1.165, 1.54) is 0 Å². The van der Waals surface area contributed by atoms with Gasteiger partial charge in [0.15, 0.2) is 11.5 Å². The second-order valence-corrected chi connectivity index (χ2v) is 12.0. The number of rotatable bonds is 5. The highest BCUT2D eigenvalue weighted by Crippen LogP contribution is 2.50. The van der Waals surface area contributed by atoms with E-state index in [1.54, 1.807) is 16.7 Å². The third-order valence-corrected chi connectivity index (χ3v) is 9.65. The predicted molar refractivity (Wildman–Crippen MR) is 164 cm³/mol. The van der Waals surface area contributed by atoms with Gasteiger partial charge in [-0.05, 0) is 61.6 Å². The van der Waals surface area contributed by atoms with Crippen molar-refractivity contribution in [2.24, 2.45) is 0 Å². The number of thioether (sulfide) groups is 1. The molecule has 9 heteroatoms. The number of carbonyl (C=O) groups excluding carboxylic acids is 2. The van der Waals surface area contributed by atoms with E-state index in [-0.39, 0.29) is 36.2 Å². The van der Waals surface area contributed by atoms with Crippen molar-refractivity contribution in [1.82, 2.24) is 14.7 Å². The Balaban J connectivity index is 1.48. The fraction of sp³-hybridized carbons (Fsp3) is 0.303. The number of likely N-dealkylation sites (tertiary alicyclic amines) is 1. The molecular formula is C33H32N4O4S. The van der Waals surface area contributed by atoms with Crippen molar-refractivity contribution >= 4 is 29.4 Å². The van der Waals surface area contributed by atoms with Gasteiger partial charge in [0.1, 0.15) is 12.4 Å². The zero-order valence-electron chi connectivity index (χ0n) is 23.7. The molecule has 214 valence electrons. The molecule has 0 spiro atoms. The minimum Gasteiger partial charge on any atom is -0.454 e. The molecule has 0 unspecified atom stereocenters. The Morgan fingerprint density at radius 3 is 2.57 bits per heavy atom. The molecule has 3 aliphatic rings. The summed E-state index contributed by atoms with van der Waals surface area (Å²) in [4.78, 5) is 31.1. The monoisotopic (exact) mass is 580 g/mol. The molecule has 0 bridgehead atoms. The SMILES string of the molecule is Cc1cccc(-n2nc(-c3ccccc3)c3c2N(CC(=O)N2CCCC2)C(=O)CS[C@H]3c2ccc3c(c2)OCO3)c1C. The van der Waals surface area contributed by atoms with Crippen LogP contribution in [0.2, 0.25) is 0 Å². The smallest absolute Gasteiger partial charge is 0.242 e. The lowest BCUT2D eigenvalue weighted by molar-refractivity contribution is -0.130. The molecule has 1 aromatic heterocycles. The number of hydrogen-bond acceptors (Lipinski definition) is 6. The molecule has 0 radical (unpaired) electrons. The van der Waals surface area contributed by atoms with Crippen LogP contribution >= 0.6 is 11.8 Å². The van der Waals surface area contributed by atoms with E-state index in [9.17, 15) is 9.59 Å². The first-order valence-electron chi connectivity index (χ1n) is 14.3. The fourth-order valence-electron chi connectivity index (χ4n) is 6.00. The molecule has 0 aliphatic carbocycles. The largest absolute Gasteiger partial charge is 0.454 e. The first-order chi connectivity index (χ1) is 20.5. The molecule has 7 rings (SSSR count). The number of fused-ring (bicyclic) bond motifs is 2. The first kappa shape index (κ1) is 26.6. The van der Waals surface area contributed by atoms with Gasteiger partial charge in [-0.25, -0.2) is 4.68 Å². The van der Waals surface area contributed by atoms with Gasteiger partial charge in [0.25, 0.3) is 0 Å². The minimum atomic E-state index is -0.237. The van der Waals surface area contributed by atoms with Crippen LogP contribution in [0.3, 0.4) is 0 Å². The maximum Gasteiger partial charge on any atom is 0.242 e. The Morgan fingerprint density at radius 2 is 1.76 bits per heavy atom. The van der Waals surface area contributed by atoms with Crippen molar-refractivity contribution in [1.29, 1.82) is 0 Å². The molecule has 2 amide bonds. The normalized spacial score (nSPS) is 17.9. The Morgan fingerprint density at radius 1 is 0.976 bits per heavy atom. The standard InChI is InChI=1S/C33H32N4O4S/c1-21-9-8-12-25(22(21)2)37-33-30(31(34-37)23-10-4-3-5-11-23)32(24-13-14-26-27(17-24)41-20-40-26)42-19-29(39)36(33)18-28(38)35-15-6-7-16-35/h3-5,8-14,17,32H,6-7,15-16,18-20H2,1-2H3/t32-/m0/s1. The zero-order valence-corrected chi connectivity index (χ0v) is 24.5. The molecule has 42 heavy (non-hydrogen) atoms. The average Bonchev–Trinajstić information content (AvgIpc) is 3.77. The van der Waals surface area contributed by atoms with Crippen LogP contribution in [0.1, 0.15) is 40.3 Å². The van der Waals surface area contributed by atoms with Crippen LogP contribution in [-0.4, -0.2) is 58.7 Å². The number of anilines is 1. The summed E-state index contributed by atoms with van der Waals surface area (Å²) in [6, 6.07) is 22.2. The fourth-order valence-corrected chi connectivity index (χ4v) is 7.19. The Hall–Kier alpha value is -4.24. The molecule has 4 heterocycles. The maximum absolute atomic E-state index is 14.0. The summed E-state index contributed by atoms with van der Waals surface area (Å²) in [6.07, 6.45) is 1.98. The molecule has 0 saturated carbocycles. The summed E-state index contributed by atoms with van der Waals surface area (Å²) in [6.45, 7) is 5.77. The number of benzene rings is 3. The number of carbonyl (C=O) groups is 2. The molecule has 3 aliphatic heterocycles. The van der Waals surface area contributed by atoms with Gasteiger partial charge in [-0.3, -0.25) is 14.5 Å². The van der Waals surface area contributed by atoms with Crippen LogP contribution < -0.4 is 14.4 Å². The maximum atomic E-state index is 14.0. The van der Waals surface area contributed by atoms with E-state index in [0.29, 0.717) is 17.3 Å². The summed E-state index contributed by atoms with van der Waals surface area (Å²) >= 11 is 1.56. The average molecular weight is 581 g/mol. The van der Waals surface area contributed by atoms with Crippen LogP contribution in [0.5, 0.6) is 11.5 Å². The number of aryl methyl sites for hydroxylation is 1. The van der Waals surface area contributed by atoms with Gasteiger partial charge in [0, 0.05) is 24.2 Å². The van der Waals surface area contributed by atoms with Crippen molar-refractivity contribution in [2.45, 2.75) is 31.9 Å². The highest BCUT2D eigenvalue weighted by Gasteiger charge is 2.39. The van der Waals surface area contributed by atoms with Crippen molar-refractivity contribution in [2.75, 3.05) is 37.1 Å². The first-order valence-corrected chi connectivity index (χ1v) is 15.4. The summed E-state index contributed by atoms with van der Waals surface area (Å²) in [5.74, 6) is 2.13. The van der Waals surface area contributed by atoms with Crippen LogP contribution in [-0.2, 0) is 9.59 Å². The highest BCUT2D eigenvalue weighted by atomic mass is 32.2. The van der Waals surface area contributed by atoms with Crippen molar-refractivity contribution in [3.05, 3.63) is 89.0 Å². The highest BCUT2D eigenvalue weighted by molar-refractivity contribution is 8.00. The van der Waals surface area contributed by atoms with Gasteiger partial charge in [-0.15, -0.1) is 11.8 Å². The van der Waals surface area contributed by atoms with Crippen molar-refractivity contribution in [3.8, 4) is 28.4 Å². The number of ether oxygens (including phenoxy) is 2. The van der Waals surface area contributed by atoms with Gasteiger partial charge < -0.3 is 14.4 Å². The van der Waals surface area contributed by atoms with Crippen LogP contribution in [0.25, 0.3) is 16.9 Å². The van der Waals surface area contributed by atoms with E-state index < -0.39 is 0 Å². The van der Waals surface area contributed by atoms with Gasteiger partial charge in [0.2, 0.25) is 18.6 Å². The Kier molecular flexibility index (Phi) is 6.90. The lowest BCUT2D eigenvalue weighted by Gasteiger charge is -2.26. The van der Waals surface area contributed by atoms with Crippen molar-refractivity contribution < 1.29 is 19.1 Å². The number of hydrogen-bond donors (Lipinski definition) is 0. The molecule has 4 aromatic rings. The summed E-state index contributed by atoms with van der Waals surface area (Å²) in [5, 5.41) is 5.01. The number of amides is 2. The summed E-state index contributed by atoms with van der Waals surface area (Å²) in [5.41, 5.74) is 6.71. The second-order valence-electron chi connectivity index (χ2n) is 11.0. The minimum absolute atomic E-state index is 0.0228. The van der Waals surface area contributed by atoms with E-state index in [1.807, 2.05) is 70.2 Å². The van der Waals surface area contributed by atoms with Crippen LogP contribution in [0.4, 0.5) is 5.82 Å². The van der Waals surface area contributed by atoms with Crippen LogP contribution in [0.15, 0.2) is 66.7 Å². The van der Waals surface area contributed by atoms with Gasteiger partial charge >= 0.3 is 0 Å².